The molecule has 0 saturated heterocycles. The van der Waals surface area contributed by atoms with Gasteiger partial charge in [-0.2, -0.15) is 13.2 Å². The quantitative estimate of drug-likeness (QED) is 0.824. The fourth-order valence-corrected chi connectivity index (χ4v) is 0.970. The van der Waals surface area contributed by atoms with Crippen LogP contribution in [0.25, 0.3) is 0 Å². The molecule has 10 heteroatoms. The first-order valence-electron chi connectivity index (χ1n) is 4.31. The van der Waals surface area contributed by atoms with E-state index in [1.807, 2.05) is 0 Å². The van der Waals surface area contributed by atoms with Crippen molar-refractivity contribution in [1.82, 2.24) is 4.98 Å². The lowest BCUT2D eigenvalue weighted by Crippen LogP contribution is -2.16. The van der Waals surface area contributed by atoms with Gasteiger partial charge in [0.2, 0.25) is 17.3 Å². The van der Waals surface area contributed by atoms with Crippen LogP contribution < -0.4 is 0 Å². The van der Waals surface area contributed by atoms with E-state index in [0.717, 1.165) is 0 Å². The van der Waals surface area contributed by atoms with Gasteiger partial charge in [0, 0.05) is 0 Å². The lowest BCUT2D eigenvalue weighted by molar-refractivity contribution is -0.177. The van der Waals surface area contributed by atoms with Crippen molar-refractivity contribution in [3.05, 3.63) is 17.3 Å². The Bertz CT molecular complexity index is 434. The molecule has 1 aromatic heterocycles. The molecule has 0 saturated carbocycles. The van der Waals surface area contributed by atoms with Crippen LogP contribution in [-0.2, 0) is 11.3 Å². The summed E-state index contributed by atoms with van der Waals surface area (Å²) in [6.45, 7) is -2.37. The number of rotatable bonds is 5. The Morgan fingerprint density at radius 1 is 1.28 bits per heavy atom. The van der Waals surface area contributed by atoms with Crippen molar-refractivity contribution in [2.75, 3.05) is 6.61 Å². The van der Waals surface area contributed by atoms with E-state index in [2.05, 4.69) is 14.1 Å². The third-order valence-electron chi connectivity index (χ3n) is 1.56. The number of hydrogen-bond acceptors (Lipinski definition) is 5. The van der Waals surface area contributed by atoms with E-state index >= 15 is 0 Å². The Morgan fingerprint density at radius 3 is 2.28 bits per heavy atom. The Balaban J connectivity index is 2.76. The first-order chi connectivity index (χ1) is 8.20. The minimum atomic E-state index is -4.56. The molecule has 7 nitrogen and oxygen atoms in total. The molecule has 0 aliphatic rings. The van der Waals surface area contributed by atoms with Crippen molar-refractivity contribution in [3.63, 3.8) is 0 Å². The Labute approximate surface area is 96.8 Å². The van der Waals surface area contributed by atoms with Crippen LogP contribution in [0.1, 0.15) is 26.9 Å². The van der Waals surface area contributed by atoms with Crippen LogP contribution in [0, 0.1) is 0 Å². The number of carbonyl (C=O) groups is 2. The molecule has 0 aliphatic heterocycles. The van der Waals surface area contributed by atoms with Gasteiger partial charge in [0.1, 0.15) is 13.2 Å². The number of halogens is 3. The lowest BCUT2D eigenvalue weighted by Gasteiger charge is -2.04. The molecule has 2 N–H and O–H groups in total. The van der Waals surface area contributed by atoms with E-state index in [4.69, 9.17) is 10.2 Å². The molecule has 0 bridgehead atoms. The third-order valence-corrected chi connectivity index (χ3v) is 1.56. The summed E-state index contributed by atoms with van der Waals surface area (Å²) < 4.78 is 43.8. The van der Waals surface area contributed by atoms with E-state index in [1.165, 1.54) is 0 Å². The van der Waals surface area contributed by atoms with E-state index < -0.39 is 48.7 Å². The SMILES string of the molecule is O=C(O)c1nc(COCC(F)(F)F)oc1C(=O)O. The maximum Gasteiger partial charge on any atom is 0.411 e. The standard InChI is InChI=1S/C8H6F3NO6/c9-8(10,11)2-17-1-3-12-4(6(13)14)5(18-3)7(15)16/h1-2H2,(H,13,14)(H,15,16). The Hall–Kier alpha value is -2.10. The summed E-state index contributed by atoms with van der Waals surface area (Å²) >= 11 is 0. The summed E-state index contributed by atoms with van der Waals surface area (Å²) in [5, 5.41) is 17.1. The van der Waals surface area contributed by atoms with Crippen LogP contribution in [0.4, 0.5) is 13.2 Å². The first-order valence-corrected chi connectivity index (χ1v) is 4.31. The van der Waals surface area contributed by atoms with Gasteiger partial charge in [-0.15, -0.1) is 0 Å². The number of carboxylic acids is 2. The summed E-state index contributed by atoms with van der Waals surface area (Å²) in [6, 6.07) is 0. The summed E-state index contributed by atoms with van der Waals surface area (Å²) in [5.74, 6) is -4.89. The average molecular weight is 269 g/mol. The van der Waals surface area contributed by atoms with Gasteiger partial charge >= 0.3 is 18.1 Å². The van der Waals surface area contributed by atoms with Gasteiger partial charge in [0.25, 0.3) is 0 Å². The monoisotopic (exact) mass is 269 g/mol. The van der Waals surface area contributed by atoms with E-state index in [0.29, 0.717) is 0 Å². The second-order valence-electron chi connectivity index (χ2n) is 3.00. The fraction of sp³-hybridized carbons (Fsp3) is 0.375. The normalized spacial score (nSPS) is 11.5. The fourth-order valence-electron chi connectivity index (χ4n) is 0.970. The molecule has 0 fully saturated rings. The Kier molecular flexibility index (Phi) is 3.91. The van der Waals surface area contributed by atoms with E-state index in [9.17, 15) is 22.8 Å². The number of aromatic carboxylic acids is 2. The number of ether oxygens (including phenoxy) is 1. The molecular weight excluding hydrogens is 263 g/mol. The molecule has 0 radical (unpaired) electrons. The van der Waals surface area contributed by atoms with Crippen molar-refractivity contribution in [2.45, 2.75) is 12.8 Å². The molecule has 1 rings (SSSR count). The van der Waals surface area contributed by atoms with E-state index in [1.54, 1.807) is 0 Å². The number of aromatic nitrogens is 1. The van der Waals surface area contributed by atoms with Gasteiger partial charge in [-0.1, -0.05) is 0 Å². The number of carboxylic acid groups (broad SMARTS) is 2. The molecule has 1 heterocycles. The number of oxazole rings is 1. The number of alkyl halides is 3. The summed E-state index contributed by atoms with van der Waals surface area (Å²) in [6.07, 6.45) is -4.56. The second-order valence-corrected chi connectivity index (χ2v) is 3.00. The van der Waals surface area contributed by atoms with Crippen LogP contribution in [0.2, 0.25) is 0 Å². The maximum absolute atomic E-state index is 11.7. The van der Waals surface area contributed by atoms with Crippen molar-refractivity contribution < 1.29 is 42.1 Å². The molecule has 18 heavy (non-hydrogen) atoms. The third kappa shape index (κ3) is 3.73. The topological polar surface area (TPSA) is 110 Å². The highest BCUT2D eigenvalue weighted by Crippen LogP contribution is 2.17. The zero-order chi connectivity index (χ0) is 13.9. The van der Waals surface area contributed by atoms with Gasteiger partial charge in [-0.25, -0.2) is 14.6 Å². The molecule has 100 valence electrons. The number of nitrogens with zero attached hydrogens (tertiary/aromatic N) is 1. The predicted octanol–water partition coefficient (Wildman–Crippen LogP) is 1.15. The van der Waals surface area contributed by atoms with Crippen LogP contribution in [0.5, 0.6) is 0 Å². The van der Waals surface area contributed by atoms with Crippen molar-refractivity contribution in [3.8, 4) is 0 Å². The highest BCUT2D eigenvalue weighted by Gasteiger charge is 2.29. The highest BCUT2D eigenvalue weighted by molar-refractivity contribution is 5.98. The molecule has 0 aliphatic carbocycles. The minimum Gasteiger partial charge on any atom is -0.476 e. The second kappa shape index (κ2) is 5.04. The van der Waals surface area contributed by atoms with Crippen LogP contribution in [0.15, 0.2) is 4.42 Å². The lowest BCUT2D eigenvalue weighted by atomic mass is 10.3. The maximum atomic E-state index is 11.7. The first kappa shape index (κ1) is 14.0. The van der Waals surface area contributed by atoms with Crippen molar-refractivity contribution in [2.24, 2.45) is 0 Å². The minimum absolute atomic E-state index is 0.561. The van der Waals surface area contributed by atoms with Gasteiger partial charge in [0.15, 0.2) is 0 Å². The zero-order valence-corrected chi connectivity index (χ0v) is 8.52. The van der Waals surface area contributed by atoms with Crippen molar-refractivity contribution >= 4 is 11.9 Å². The van der Waals surface area contributed by atoms with Gasteiger partial charge in [-0.3, -0.25) is 0 Å². The molecule has 0 aromatic carbocycles. The number of hydrogen-bond donors (Lipinski definition) is 2. The highest BCUT2D eigenvalue weighted by atomic mass is 19.4. The smallest absolute Gasteiger partial charge is 0.411 e. The summed E-state index contributed by atoms with van der Waals surface area (Å²) in [7, 11) is 0. The zero-order valence-electron chi connectivity index (χ0n) is 8.52. The molecule has 0 spiro atoms. The molecule has 1 aromatic rings. The molecule has 0 amide bonds. The molecule has 0 unspecified atom stereocenters. The summed E-state index contributed by atoms with van der Waals surface area (Å²) in [4.78, 5) is 24.3. The summed E-state index contributed by atoms with van der Waals surface area (Å²) in [5.41, 5.74) is -0.895. The molecule has 0 atom stereocenters. The van der Waals surface area contributed by atoms with Gasteiger partial charge in [0.05, 0.1) is 0 Å². The molecular formula is C8H6F3NO6. The van der Waals surface area contributed by atoms with Crippen LogP contribution >= 0.6 is 0 Å². The largest absolute Gasteiger partial charge is 0.476 e. The average Bonchev–Trinajstić information content (AvgIpc) is 2.60. The van der Waals surface area contributed by atoms with Crippen LogP contribution in [0.3, 0.4) is 0 Å². The van der Waals surface area contributed by atoms with Crippen LogP contribution in [-0.4, -0.2) is 39.9 Å². The Morgan fingerprint density at radius 2 is 1.89 bits per heavy atom. The van der Waals surface area contributed by atoms with Gasteiger partial charge in [-0.05, 0) is 0 Å². The van der Waals surface area contributed by atoms with E-state index in [-0.39, 0.29) is 0 Å². The van der Waals surface area contributed by atoms with Gasteiger partial charge < -0.3 is 19.4 Å². The predicted molar refractivity (Wildman–Crippen MR) is 46.1 cm³/mol. The van der Waals surface area contributed by atoms with Crippen molar-refractivity contribution in [1.29, 1.82) is 0 Å².